The van der Waals surface area contributed by atoms with Crippen molar-refractivity contribution >= 4 is 11.8 Å². The zero-order valence-corrected chi connectivity index (χ0v) is 14.7. The molecule has 25 heavy (non-hydrogen) atoms. The Kier molecular flexibility index (Phi) is 7.22. The Morgan fingerprint density at radius 2 is 1.92 bits per heavy atom. The van der Waals surface area contributed by atoms with Gasteiger partial charge in [-0.15, -0.1) is 0 Å². The summed E-state index contributed by atoms with van der Waals surface area (Å²) in [5, 5.41) is 2.87. The summed E-state index contributed by atoms with van der Waals surface area (Å²) in [4.78, 5) is 26.3. The molecule has 2 rings (SSSR count). The molecule has 0 unspecified atom stereocenters. The van der Waals surface area contributed by atoms with Crippen molar-refractivity contribution in [3.05, 3.63) is 59.5 Å². The van der Waals surface area contributed by atoms with E-state index in [4.69, 9.17) is 9.15 Å². The lowest BCUT2D eigenvalue weighted by Gasteiger charge is -2.22. The zero-order chi connectivity index (χ0) is 18.1. The average molecular weight is 344 g/mol. The fourth-order valence-electron chi connectivity index (χ4n) is 2.41. The summed E-state index contributed by atoms with van der Waals surface area (Å²) in [7, 11) is 1.58. The van der Waals surface area contributed by atoms with Crippen molar-refractivity contribution in [1.82, 2.24) is 10.2 Å². The van der Waals surface area contributed by atoms with Crippen LogP contribution < -0.4 is 5.32 Å². The molecule has 0 aliphatic heterocycles. The summed E-state index contributed by atoms with van der Waals surface area (Å²) < 4.78 is 10.3. The van der Waals surface area contributed by atoms with E-state index in [1.54, 1.807) is 25.0 Å². The van der Waals surface area contributed by atoms with Crippen molar-refractivity contribution in [2.75, 3.05) is 26.8 Å². The van der Waals surface area contributed by atoms with Crippen LogP contribution in [0.3, 0.4) is 0 Å². The first-order valence-corrected chi connectivity index (χ1v) is 8.24. The van der Waals surface area contributed by atoms with Gasteiger partial charge in [-0.25, -0.2) is 0 Å². The van der Waals surface area contributed by atoms with E-state index >= 15 is 0 Å². The van der Waals surface area contributed by atoms with Crippen LogP contribution in [0, 0.1) is 6.92 Å². The van der Waals surface area contributed by atoms with E-state index < -0.39 is 0 Å². The number of aryl methyl sites for hydroxylation is 1. The van der Waals surface area contributed by atoms with Gasteiger partial charge in [-0.3, -0.25) is 9.59 Å². The van der Waals surface area contributed by atoms with Crippen molar-refractivity contribution < 1.29 is 18.7 Å². The monoisotopic (exact) mass is 344 g/mol. The molecule has 6 heteroatoms. The number of carbonyl (C=O) groups is 2. The van der Waals surface area contributed by atoms with Crippen LogP contribution in [0.5, 0.6) is 0 Å². The second kappa shape index (κ2) is 9.64. The third-order valence-electron chi connectivity index (χ3n) is 3.88. The Balaban J connectivity index is 1.87. The number of nitrogens with zero attached hydrogens (tertiary/aromatic N) is 1. The van der Waals surface area contributed by atoms with Gasteiger partial charge in [0.1, 0.15) is 5.76 Å². The van der Waals surface area contributed by atoms with E-state index in [2.05, 4.69) is 5.32 Å². The van der Waals surface area contributed by atoms with Crippen molar-refractivity contribution in [2.24, 2.45) is 0 Å². The highest BCUT2D eigenvalue weighted by molar-refractivity contribution is 5.95. The smallest absolute Gasteiger partial charge is 0.257 e. The fraction of sp³-hybridized carbons (Fsp3) is 0.368. The molecule has 0 aliphatic carbocycles. The number of amides is 2. The number of ether oxygens (including phenoxy) is 1. The Bertz CT molecular complexity index is 682. The van der Waals surface area contributed by atoms with Gasteiger partial charge in [0.25, 0.3) is 5.91 Å². The SMILES string of the molecule is COCCN(CCC(=O)NCc1ccccc1)C(=O)c1ccoc1C. The highest BCUT2D eigenvalue weighted by atomic mass is 16.5. The maximum Gasteiger partial charge on any atom is 0.257 e. The Morgan fingerprint density at radius 1 is 1.16 bits per heavy atom. The van der Waals surface area contributed by atoms with Gasteiger partial charge < -0.3 is 19.4 Å². The van der Waals surface area contributed by atoms with E-state index in [0.29, 0.717) is 37.6 Å². The lowest BCUT2D eigenvalue weighted by molar-refractivity contribution is -0.121. The van der Waals surface area contributed by atoms with Crippen molar-refractivity contribution in [1.29, 1.82) is 0 Å². The molecule has 134 valence electrons. The molecule has 2 aromatic rings. The minimum absolute atomic E-state index is 0.0945. The van der Waals surface area contributed by atoms with Gasteiger partial charge in [-0.05, 0) is 18.6 Å². The normalized spacial score (nSPS) is 10.5. The summed E-state index contributed by atoms with van der Waals surface area (Å²) in [5.41, 5.74) is 1.55. The second-order valence-corrected chi connectivity index (χ2v) is 5.69. The van der Waals surface area contributed by atoms with Crippen LogP contribution in [0.2, 0.25) is 0 Å². The van der Waals surface area contributed by atoms with Gasteiger partial charge in [0.15, 0.2) is 0 Å². The number of benzene rings is 1. The van der Waals surface area contributed by atoms with Gasteiger partial charge in [0.05, 0.1) is 18.4 Å². The van der Waals surface area contributed by atoms with E-state index in [9.17, 15) is 9.59 Å². The number of hydrogen-bond acceptors (Lipinski definition) is 4. The topological polar surface area (TPSA) is 71.8 Å². The molecule has 0 saturated heterocycles. The lowest BCUT2D eigenvalue weighted by atomic mass is 10.2. The first kappa shape index (κ1) is 18.7. The number of furan rings is 1. The number of hydrogen-bond donors (Lipinski definition) is 1. The molecule has 0 aliphatic rings. The zero-order valence-electron chi connectivity index (χ0n) is 14.7. The van der Waals surface area contributed by atoms with E-state index in [0.717, 1.165) is 5.56 Å². The van der Waals surface area contributed by atoms with Crippen LogP contribution in [0.1, 0.15) is 28.1 Å². The standard InChI is InChI=1S/C19H24N2O4/c1-15-17(9-12-25-15)19(23)21(11-13-24-2)10-8-18(22)20-14-16-6-4-3-5-7-16/h3-7,9,12H,8,10-11,13-14H2,1-2H3,(H,20,22). The molecule has 1 N–H and O–H groups in total. The van der Waals surface area contributed by atoms with Gasteiger partial charge in [-0.1, -0.05) is 30.3 Å². The van der Waals surface area contributed by atoms with E-state index in [-0.39, 0.29) is 18.2 Å². The molecule has 0 radical (unpaired) electrons. The molecular weight excluding hydrogens is 320 g/mol. The van der Waals surface area contributed by atoms with Crippen LogP contribution in [-0.2, 0) is 16.1 Å². The van der Waals surface area contributed by atoms with Crippen LogP contribution in [0.25, 0.3) is 0 Å². The van der Waals surface area contributed by atoms with Crippen LogP contribution >= 0.6 is 0 Å². The number of nitrogens with one attached hydrogen (secondary N) is 1. The second-order valence-electron chi connectivity index (χ2n) is 5.69. The first-order chi connectivity index (χ1) is 12.1. The molecule has 1 heterocycles. The van der Waals surface area contributed by atoms with Crippen LogP contribution in [0.4, 0.5) is 0 Å². The highest BCUT2D eigenvalue weighted by Gasteiger charge is 2.20. The summed E-state index contributed by atoms with van der Waals surface area (Å²) in [5.74, 6) is 0.322. The molecule has 2 amide bonds. The number of methoxy groups -OCH3 is 1. The van der Waals surface area contributed by atoms with Gasteiger partial charge in [0, 0.05) is 33.2 Å². The summed E-state index contributed by atoms with van der Waals surface area (Å²) in [6.45, 7) is 3.38. The molecule has 0 fully saturated rings. The highest BCUT2D eigenvalue weighted by Crippen LogP contribution is 2.12. The van der Waals surface area contributed by atoms with Gasteiger partial charge in [0.2, 0.25) is 5.91 Å². The summed E-state index contributed by atoms with van der Waals surface area (Å²) in [6, 6.07) is 11.3. The fourth-order valence-corrected chi connectivity index (χ4v) is 2.41. The van der Waals surface area contributed by atoms with Gasteiger partial charge in [-0.2, -0.15) is 0 Å². The maximum absolute atomic E-state index is 12.6. The van der Waals surface area contributed by atoms with Crippen molar-refractivity contribution in [3.8, 4) is 0 Å². The Labute approximate surface area is 147 Å². The third kappa shape index (κ3) is 5.76. The van der Waals surface area contributed by atoms with Gasteiger partial charge >= 0.3 is 0 Å². The third-order valence-corrected chi connectivity index (χ3v) is 3.88. The van der Waals surface area contributed by atoms with E-state index in [1.807, 2.05) is 30.3 Å². The average Bonchev–Trinajstić information content (AvgIpc) is 3.06. The first-order valence-electron chi connectivity index (χ1n) is 8.24. The molecule has 0 saturated carbocycles. The number of carbonyl (C=O) groups excluding carboxylic acids is 2. The maximum atomic E-state index is 12.6. The minimum atomic E-state index is -0.154. The molecule has 6 nitrogen and oxygen atoms in total. The predicted molar refractivity (Wildman–Crippen MR) is 94.1 cm³/mol. The largest absolute Gasteiger partial charge is 0.469 e. The van der Waals surface area contributed by atoms with Crippen LogP contribution in [0.15, 0.2) is 47.1 Å². The Morgan fingerprint density at radius 3 is 2.56 bits per heavy atom. The molecule has 1 aromatic heterocycles. The number of rotatable bonds is 9. The van der Waals surface area contributed by atoms with Crippen molar-refractivity contribution in [3.63, 3.8) is 0 Å². The summed E-state index contributed by atoms with van der Waals surface area (Å²) >= 11 is 0. The van der Waals surface area contributed by atoms with Crippen molar-refractivity contribution in [2.45, 2.75) is 19.9 Å². The summed E-state index contributed by atoms with van der Waals surface area (Å²) in [6.07, 6.45) is 1.73. The molecule has 0 spiro atoms. The lowest BCUT2D eigenvalue weighted by Crippen LogP contribution is -2.37. The molecule has 0 bridgehead atoms. The molecule has 1 aromatic carbocycles. The Hall–Kier alpha value is -2.60. The van der Waals surface area contributed by atoms with Crippen LogP contribution in [-0.4, -0.2) is 43.5 Å². The predicted octanol–water partition coefficient (Wildman–Crippen LogP) is 2.38. The quantitative estimate of drug-likeness (QED) is 0.758. The minimum Gasteiger partial charge on any atom is -0.469 e. The molecule has 0 atom stereocenters. The molecular formula is C19H24N2O4. The van der Waals surface area contributed by atoms with E-state index in [1.165, 1.54) is 6.26 Å².